The lowest BCUT2D eigenvalue weighted by Gasteiger charge is -2.18. The summed E-state index contributed by atoms with van der Waals surface area (Å²) >= 11 is 0. The van der Waals surface area contributed by atoms with Crippen LogP contribution in [0.3, 0.4) is 0 Å². The van der Waals surface area contributed by atoms with Gasteiger partial charge in [0.15, 0.2) is 0 Å². The van der Waals surface area contributed by atoms with Gasteiger partial charge in [-0.2, -0.15) is 0 Å². The molecule has 1 aliphatic heterocycles. The van der Waals surface area contributed by atoms with E-state index in [0.29, 0.717) is 23.8 Å². The van der Waals surface area contributed by atoms with Crippen LogP contribution in [0.4, 0.5) is 0 Å². The predicted octanol–water partition coefficient (Wildman–Crippen LogP) is 1.58. The fourth-order valence-corrected chi connectivity index (χ4v) is 2.72. The molecule has 1 amide bonds. The van der Waals surface area contributed by atoms with E-state index in [1.807, 2.05) is 18.2 Å². The SMILES string of the molecule is C#CC(NC(=O)Cc1nnc(-c2ccccc2OC)o1)C1CCCO1. The topological polar surface area (TPSA) is 86.5 Å². The van der Waals surface area contributed by atoms with Crippen LogP contribution >= 0.6 is 0 Å². The van der Waals surface area contributed by atoms with Crippen molar-refractivity contribution in [1.29, 1.82) is 0 Å². The minimum atomic E-state index is -0.452. The molecule has 7 heteroatoms. The number of aromatic nitrogens is 2. The van der Waals surface area contributed by atoms with Crippen molar-refractivity contribution in [2.45, 2.75) is 31.4 Å². The van der Waals surface area contributed by atoms with E-state index < -0.39 is 6.04 Å². The summed E-state index contributed by atoms with van der Waals surface area (Å²) in [4.78, 5) is 12.2. The number of benzene rings is 1. The molecule has 1 aromatic carbocycles. The van der Waals surface area contributed by atoms with Gasteiger partial charge in [0.25, 0.3) is 5.89 Å². The van der Waals surface area contributed by atoms with Gasteiger partial charge >= 0.3 is 0 Å². The Morgan fingerprint density at radius 1 is 1.48 bits per heavy atom. The summed E-state index contributed by atoms with van der Waals surface area (Å²) in [6.07, 6.45) is 7.10. The van der Waals surface area contributed by atoms with Crippen LogP contribution in [-0.4, -0.2) is 42.0 Å². The van der Waals surface area contributed by atoms with Gasteiger partial charge < -0.3 is 19.2 Å². The van der Waals surface area contributed by atoms with Gasteiger partial charge in [-0.05, 0) is 25.0 Å². The number of carbonyl (C=O) groups excluding carboxylic acids is 1. The number of para-hydroxylation sites is 1. The van der Waals surface area contributed by atoms with Crippen molar-refractivity contribution in [2.24, 2.45) is 0 Å². The van der Waals surface area contributed by atoms with Gasteiger partial charge in [-0.1, -0.05) is 18.1 Å². The van der Waals surface area contributed by atoms with E-state index in [9.17, 15) is 4.79 Å². The fourth-order valence-electron chi connectivity index (χ4n) is 2.72. The van der Waals surface area contributed by atoms with Crippen molar-refractivity contribution in [3.63, 3.8) is 0 Å². The van der Waals surface area contributed by atoms with Gasteiger partial charge in [0.05, 0.1) is 18.8 Å². The molecule has 1 fully saturated rings. The lowest BCUT2D eigenvalue weighted by Crippen LogP contribution is -2.42. The lowest BCUT2D eigenvalue weighted by molar-refractivity contribution is -0.121. The van der Waals surface area contributed by atoms with Gasteiger partial charge in [0.1, 0.15) is 18.2 Å². The van der Waals surface area contributed by atoms with E-state index in [4.69, 9.17) is 20.3 Å². The van der Waals surface area contributed by atoms with E-state index in [1.54, 1.807) is 13.2 Å². The highest BCUT2D eigenvalue weighted by Gasteiger charge is 2.26. The summed E-state index contributed by atoms with van der Waals surface area (Å²) in [7, 11) is 1.56. The second kappa shape index (κ2) is 7.81. The van der Waals surface area contributed by atoms with Crippen LogP contribution in [0.25, 0.3) is 11.5 Å². The van der Waals surface area contributed by atoms with E-state index >= 15 is 0 Å². The Morgan fingerprint density at radius 2 is 2.32 bits per heavy atom. The van der Waals surface area contributed by atoms with Crippen LogP contribution in [0, 0.1) is 12.3 Å². The molecule has 25 heavy (non-hydrogen) atoms. The molecular weight excluding hydrogens is 322 g/mol. The van der Waals surface area contributed by atoms with Crippen LogP contribution in [-0.2, 0) is 16.0 Å². The molecule has 0 aliphatic carbocycles. The van der Waals surface area contributed by atoms with E-state index in [1.165, 1.54) is 0 Å². The highest BCUT2D eigenvalue weighted by molar-refractivity contribution is 5.78. The first kappa shape index (κ1) is 17.0. The molecule has 2 heterocycles. The molecule has 7 nitrogen and oxygen atoms in total. The smallest absolute Gasteiger partial charge is 0.251 e. The van der Waals surface area contributed by atoms with Gasteiger partial charge in [-0.25, -0.2) is 0 Å². The number of nitrogens with zero attached hydrogens (tertiary/aromatic N) is 2. The van der Waals surface area contributed by atoms with E-state index in [2.05, 4.69) is 21.4 Å². The van der Waals surface area contributed by atoms with Crippen molar-refractivity contribution in [3.05, 3.63) is 30.2 Å². The Balaban J connectivity index is 1.65. The predicted molar refractivity (Wildman–Crippen MR) is 89.7 cm³/mol. The second-order valence-corrected chi connectivity index (χ2v) is 5.64. The summed E-state index contributed by atoms with van der Waals surface area (Å²) in [6.45, 7) is 0.671. The quantitative estimate of drug-likeness (QED) is 0.803. The lowest BCUT2D eigenvalue weighted by atomic mass is 10.1. The number of carbonyl (C=O) groups is 1. The number of amides is 1. The molecule has 3 rings (SSSR count). The first-order valence-corrected chi connectivity index (χ1v) is 8.04. The minimum absolute atomic E-state index is 0.0486. The Labute approximate surface area is 145 Å². The Bertz CT molecular complexity index is 775. The van der Waals surface area contributed by atoms with Crippen LogP contribution in [0.2, 0.25) is 0 Å². The number of rotatable bonds is 6. The van der Waals surface area contributed by atoms with Crippen LogP contribution in [0.1, 0.15) is 18.7 Å². The van der Waals surface area contributed by atoms with Crippen molar-refractivity contribution < 1.29 is 18.7 Å². The third-order valence-electron chi connectivity index (χ3n) is 3.95. The maximum absolute atomic E-state index is 12.2. The van der Waals surface area contributed by atoms with Crippen LogP contribution in [0.5, 0.6) is 5.75 Å². The van der Waals surface area contributed by atoms with Crippen molar-refractivity contribution in [2.75, 3.05) is 13.7 Å². The number of hydrogen-bond acceptors (Lipinski definition) is 6. The maximum atomic E-state index is 12.2. The molecule has 0 spiro atoms. The summed E-state index contributed by atoms with van der Waals surface area (Å²) in [6, 6.07) is 6.84. The molecule has 130 valence electrons. The Kier molecular flexibility index (Phi) is 5.31. The number of hydrogen-bond donors (Lipinski definition) is 1. The van der Waals surface area contributed by atoms with Gasteiger partial charge in [-0.15, -0.1) is 16.6 Å². The molecule has 2 aromatic rings. The second-order valence-electron chi connectivity index (χ2n) is 5.64. The molecule has 2 atom stereocenters. The average molecular weight is 341 g/mol. The monoisotopic (exact) mass is 341 g/mol. The first-order valence-electron chi connectivity index (χ1n) is 8.04. The van der Waals surface area contributed by atoms with Crippen LogP contribution in [0.15, 0.2) is 28.7 Å². The minimum Gasteiger partial charge on any atom is -0.496 e. The Morgan fingerprint density at radius 3 is 3.04 bits per heavy atom. The van der Waals surface area contributed by atoms with Gasteiger partial charge in [-0.3, -0.25) is 4.79 Å². The van der Waals surface area contributed by atoms with Gasteiger partial charge in [0.2, 0.25) is 11.8 Å². The molecular formula is C18H19N3O4. The summed E-state index contributed by atoms with van der Waals surface area (Å²) in [5.41, 5.74) is 0.671. The van der Waals surface area contributed by atoms with Crippen LogP contribution < -0.4 is 10.1 Å². The molecule has 0 bridgehead atoms. The molecule has 0 saturated carbocycles. The third-order valence-corrected chi connectivity index (χ3v) is 3.95. The largest absolute Gasteiger partial charge is 0.496 e. The zero-order chi connectivity index (χ0) is 17.6. The molecule has 1 aliphatic rings. The standard InChI is InChI=1S/C18H19N3O4/c1-3-13(15-9-6-10-24-15)19-16(22)11-17-20-21-18(25-17)12-7-4-5-8-14(12)23-2/h1,4-5,7-8,13,15H,6,9-11H2,2H3,(H,19,22). The van der Waals surface area contributed by atoms with E-state index in [0.717, 1.165) is 12.8 Å². The average Bonchev–Trinajstić information content (AvgIpc) is 3.31. The number of methoxy groups -OCH3 is 1. The molecule has 0 radical (unpaired) electrons. The highest BCUT2D eigenvalue weighted by Crippen LogP contribution is 2.28. The number of nitrogens with one attached hydrogen (secondary N) is 1. The Hall–Kier alpha value is -2.85. The normalized spacial score (nSPS) is 17.7. The van der Waals surface area contributed by atoms with Crippen molar-refractivity contribution in [1.82, 2.24) is 15.5 Å². The molecule has 1 saturated heterocycles. The fraction of sp³-hybridized carbons (Fsp3) is 0.389. The van der Waals surface area contributed by atoms with Gasteiger partial charge in [0, 0.05) is 6.61 Å². The number of terminal acetylenes is 1. The zero-order valence-electron chi connectivity index (χ0n) is 13.9. The summed E-state index contributed by atoms with van der Waals surface area (Å²) in [5, 5.41) is 10.7. The van der Waals surface area contributed by atoms with E-state index in [-0.39, 0.29) is 24.3 Å². The molecule has 1 N–H and O–H groups in total. The highest BCUT2D eigenvalue weighted by atomic mass is 16.5. The maximum Gasteiger partial charge on any atom is 0.251 e. The van der Waals surface area contributed by atoms with Crippen molar-refractivity contribution >= 4 is 5.91 Å². The first-order chi connectivity index (χ1) is 12.2. The number of ether oxygens (including phenoxy) is 2. The molecule has 1 aromatic heterocycles. The molecule has 2 unspecified atom stereocenters. The summed E-state index contributed by atoms with van der Waals surface area (Å²) in [5.74, 6) is 3.41. The zero-order valence-corrected chi connectivity index (χ0v) is 13.9. The third kappa shape index (κ3) is 3.98. The summed E-state index contributed by atoms with van der Waals surface area (Å²) < 4.78 is 16.4. The van der Waals surface area contributed by atoms with Crippen molar-refractivity contribution in [3.8, 4) is 29.5 Å².